The van der Waals surface area contributed by atoms with Crippen molar-refractivity contribution < 1.29 is 9.59 Å². The summed E-state index contributed by atoms with van der Waals surface area (Å²) < 4.78 is 0. The molecule has 0 aromatic carbocycles. The molecule has 0 radical (unpaired) electrons. The number of hydrogen-bond donors (Lipinski definition) is 3. The van der Waals surface area contributed by atoms with E-state index in [-0.39, 0.29) is 24.4 Å². The van der Waals surface area contributed by atoms with Crippen LogP contribution in [0.1, 0.15) is 33.1 Å². The van der Waals surface area contributed by atoms with Gasteiger partial charge in [-0.1, -0.05) is 6.92 Å². The van der Waals surface area contributed by atoms with Crippen molar-refractivity contribution >= 4 is 11.8 Å². The van der Waals surface area contributed by atoms with Crippen LogP contribution in [0.4, 0.5) is 0 Å². The lowest BCUT2D eigenvalue weighted by molar-refractivity contribution is -0.126. The molecule has 0 fully saturated rings. The Kier molecular flexibility index (Phi) is 7.62. The molecule has 2 amide bonds. The van der Waals surface area contributed by atoms with Gasteiger partial charge in [-0.2, -0.15) is 0 Å². The van der Waals surface area contributed by atoms with Gasteiger partial charge in [0.05, 0.1) is 6.54 Å². The molecular weight excluding hydrogens is 194 g/mol. The summed E-state index contributed by atoms with van der Waals surface area (Å²) >= 11 is 0. The van der Waals surface area contributed by atoms with Gasteiger partial charge in [-0.15, -0.1) is 0 Å². The maximum atomic E-state index is 11.2. The molecule has 0 aromatic rings. The van der Waals surface area contributed by atoms with E-state index in [4.69, 9.17) is 5.73 Å². The highest BCUT2D eigenvalue weighted by Crippen LogP contribution is 1.85. The molecule has 4 N–H and O–H groups in total. The summed E-state index contributed by atoms with van der Waals surface area (Å²) in [5, 5.41) is 5.22. The first-order valence-electron chi connectivity index (χ1n) is 5.35. The number of carbonyl (C=O) groups is 2. The van der Waals surface area contributed by atoms with Crippen molar-refractivity contribution in [3.05, 3.63) is 0 Å². The van der Waals surface area contributed by atoms with Gasteiger partial charge >= 0.3 is 0 Å². The quantitative estimate of drug-likeness (QED) is 0.548. The SMILES string of the molecule is CCCC(=O)NCC(=O)NCCC(C)N. The zero-order valence-electron chi connectivity index (χ0n) is 9.51. The standard InChI is InChI=1S/C10H21N3O2/c1-3-4-9(14)13-7-10(15)12-6-5-8(2)11/h8H,3-7,11H2,1-2H3,(H,12,15)(H,13,14). The van der Waals surface area contributed by atoms with Gasteiger partial charge in [0.1, 0.15) is 0 Å². The van der Waals surface area contributed by atoms with Crippen molar-refractivity contribution in [3.8, 4) is 0 Å². The van der Waals surface area contributed by atoms with E-state index in [9.17, 15) is 9.59 Å². The first-order valence-corrected chi connectivity index (χ1v) is 5.35. The van der Waals surface area contributed by atoms with E-state index in [1.165, 1.54) is 0 Å². The molecule has 0 saturated heterocycles. The zero-order chi connectivity index (χ0) is 11.7. The van der Waals surface area contributed by atoms with Gasteiger partial charge in [0.15, 0.2) is 0 Å². The van der Waals surface area contributed by atoms with E-state index in [0.29, 0.717) is 13.0 Å². The second kappa shape index (κ2) is 8.23. The van der Waals surface area contributed by atoms with Gasteiger partial charge in [0.25, 0.3) is 0 Å². The van der Waals surface area contributed by atoms with Gasteiger partial charge in [-0.3, -0.25) is 9.59 Å². The molecule has 0 aliphatic heterocycles. The van der Waals surface area contributed by atoms with Crippen LogP contribution in [0.15, 0.2) is 0 Å². The van der Waals surface area contributed by atoms with E-state index < -0.39 is 0 Å². The summed E-state index contributed by atoms with van der Waals surface area (Å²) in [7, 11) is 0. The third-order valence-corrected chi connectivity index (χ3v) is 1.85. The van der Waals surface area contributed by atoms with Gasteiger partial charge < -0.3 is 16.4 Å². The lowest BCUT2D eigenvalue weighted by atomic mass is 10.2. The lowest BCUT2D eigenvalue weighted by Crippen LogP contribution is -2.38. The van der Waals surface area contributed by atoms with Crippen LogP contribution >= 0.6 is 0 Å². The Morgan fingerprint density at radius 3 is 2.47 bits per heavy atom. The number of hydrogen-bond acceptors (Lipinski definition) is 3. The number of nitrogens with two attached hydrogens (primary N) is 1. The van der Waals surface area contributed by atoms with Gasteiger partial charge in [0.2, 0.25) is 11.8 Å². The molecule has 1 unspecified atom stereocenters. The van der Waals surface area contributed by atoms with Crippen molar-refractivity contribution in [2.24, 2.45) is 5.73 Å². The third-order valence-electron chi connectivity index (χ3n) is 1.85. The number of amides is 2. The van der Waals surface area contributed by atoms with Gasteiger partial charge in [0, 0.05) is 19.0 Å². The van der Waals surface area contributed by atoms with Crippen LogP contribution in [0.2, 0.25) is 0 Å². The Morgan fingerprint density at radius 2 is 1.93 bits per heavy atom. The fraction of sp³-hybridized carbons (Fsp3) is 0.800. The predicted molar refractivity (Wildman–Crippen MR) is 59.2 cm³/mol. The minimum Gasteiger partial charge on any atom is -0.355 e. The smallest absolute Gasteiger partial charge is 0.239 e. The van der Waals surface area contributed by atoms with E-state index in [1.54, 1.807) is 0 Å². The van der Waals surface area contributed by atoms with Crippen LogP contribution in [0.5, 0.6) is 0 Å². The minimum absolute atomic E-state index is 0.0534. The van der Waals surface area contributed by atoms with Gasteiger partial charge in [-0.05, 0) is 19.8 Å². The van der Waals surface area contributed by atoms with Crippen molar-refractivity contribution in [2.45, 2.75) is 39.2 Å². The van der Waals surface area contributed by atoms with Crippen LogP contribution in [0.25, 0.3) is 0 Å². The van der Waals surface area contributed by atoms with Crippen LogP contribution in [0, 0.1) is 0 Å². The topological polar surface area (TPSA) is 84.2 Å². The number of rotatable bonds is 7. The van der Waals surface area contributed by atoms with E-state index in [2.05, 4.69) is 10.6 Å². The van der Waals surface area contributed by atoms with Crippen LogP contribution in [-0.4, -0.2) is 30.9 Å². The zero-order valence-corrected chi connectivity index (χ0v) is 9.51. The van der Waals surface area contributed by atoms with Crippen molar-refractivity contribution in [3.63, 3.8) is 0 Å². The first kappa shape index (κ1) is 13.9. The molecule has 0 aliphatic carbocycles. The highest BCUT2D eigenvalue weighted by Gasteiger charge is 2.04. The summed E-state index contributed by atoms with van der Waals surface area (Å²) in [6, 6.07) is 0.0833. The Hall–Kier alpha value is -1.10. The molecule has 0 rings (SSSR count). The maximum Gasteiger partial charge on any atom is 0.239 e. The van der Waals surface area contributed by atoms with Crippen LogP contribution in [-0.2, 0) is 9.59 Å². The normalized spacial score (nSPS) is 11.9. The van der Waals surface area contributed by atoms with Crippen LogP contribution < -0.4 is 16.4 Å². The molecule has 5 heteroatoms. The summed E-state index contributed by atoms with van der Waals surface area (Å²) in [6.07, 6.45) is 2.00. The Bertz CT molecular complexity index is 205. The number of nitrogens with one attached hydrogen (secondary N) is 2. The molecule has 88 valence electrons. The van der Waals surface area contributed by atoms with E-state index in [1.807, 2.05) is 13.8 Å². The Labute approximate surface area is 90.8 Å². The molecule has 0 saturated carbocycles. The Balaban J connectivity index is 3.45. The van der Waals surface area contributed by atoms with E-state index >= 15 is 0 Å². The number of carbonyl (C=O) groups excluding carboxylic acids is 2. The molecule has 1 atom stereocenters. The monoisotopic (exact) mass is 215 g/mol. The fourth-order valence-electron chi connectivity index (χ4n) is 0.996. The lowest BCUT2D eigenvalue weighted by Gasteiger charge is -2.07. The molecule has 0 aromatic heterocycles. The minimum atomic E-state index is -0.167. The van der Waals surface area contributed by atoms with Crippen molar-refractivity contribution in [1.82, 2.24) is 10.6 Å². The average molecular weight is 215 g/mol. The third kappa shape index (κ3) is 9.21. The second-order valence-electron chi connectivity index (χ2n) is 3.64. The largest absolute Gasteiger partial charge is 0.355 e. The van der Waals surface area contributed by atoms with Crippen LogP contribution in [0.3, 0.4) is 0 Å². The molecule has 0 heterocycles. The Morgan fingerprint density at radius 1 is 1.27 bits per heavy atom. The van der Waals surface area contributed by atoms with E-state index in [0.717, 1.165) is 12.8 Å². The maximum absolute atomic E-state index is 11.2. The first-order chi connectivity index (χ1) is 7.06. The summed E-state index contributed by atoms with van der Waals surface area (Å²) in [6.45, 7) is 4.41. The molecular formula is C10H21N3O2. The molecule has 0 bridgehead atoms. The highest BCUT2D eigenvalue weighted by molar-refractivity contribution is 5.84. The van der Waals surface area contributed by atoms with Gasteiger partial charge in [-0.25, -0.2) is 0 Å². The fourth-order valence-corrected chi connectivity index (χ4v) is 0.996. The molecule has 5 nitrogen and oxygen atoms in total. The molecule has 0 aliphatic rings. The summed E-state index contributed by atoms with van der Waals surface area (Å²) in [5.41, 5.74) is 5.52. The molecule has 0 spiro atoms. The predicted octanol–water partition coefficient (Wildman–Crippen LogP) is -0.244. The highest BCUT2D eigenvalue weighted by atomic mass is 16.2. The summed E-state index contributed by atoms with van der Waals surface area (Å²) in [5.74, 6) is -0.250. The van der Waals surface area contributed by atoms with Crippen molar-refractivity contribution in [1.29, 1.82) is 0 Å². The second-order valence-corrected chi connectivity index (χ2v) is 3.64. The summed E-state index contributed by atoms with van der Waals surface area (Å²) in [4.78, 5) is 22.2. The molecule has 15 heavy (non-hydrogen) atoms. The average Bonchev–Trinajstić information content (AvgIpc) is 2.14. The van der Waals surface area contributed by atoms with Crippen molar-refractivity contribution in [2.75, 3.05) is 13.1 Å².